The number of ether oxygens (including phenoxy) is 1. The van der Waals surface area contributed by atoms with Gasteiger partial charge in [0, 0.05) is 26.2 Å². The van der Waals surface area contributed by atoms with Gasteiger partial charge in [0.05, 0.1) is 18.9 Å². The van der Waals surface area contributed by atoms with Crippen LogP contribution in [-0.4, -0.2) is 59.0 Å². The van der Waals surface area contributed by atoms with E-state index in [0.717, 1.165) is 43.9 Å². The van der Waals surface area contributed by atoms with Crippen molar-refractivity contribution in [2.24, 2.45) is 0 Å². The van der Waals surface area contributed by atoms with Gasteiger partial charge in [-0.15, -0.1) is 0 Å². The fourth-order valence-corrected chi connectivity index (χ4v) is 3.29. The summed E-state index contributed by atoms with van der Waals surface area (Å²) in [6, 6.07) is 0. The number of anilines is 1. The maximum Gasteiger partial charge on any atom is 0.297 e. The van der Waals surface area contributed by atoms with Crippen LogP contribution in [0.1, 0.15) is 24.9 Å². The first-order valence-electron chi connectivity index (χ1n) is 8.52. The van der Waals surface area contributed by atoms with Crippen molar-refractivity contribution < 1.29 is 4.74 Å². The molecule has 8 nitrogen and oxygen atoms in total. The predicted octanol–water partition coefficient (Wildman–Crippen LogP) is 0.193. The molecule has 2 aliphatic heterocycles. The Balaban J connectivity index is 1.83. The second-order valence-corrected chi connectivity index (χ2v) is 6.06. The molecule has 8 heteroatoms. The first kappa shape index (κ1) is 15.3. The summed E-state index contributed by atoms with van der Waals surface area (Å²) in [5.41, 5.74) is 2.53. The fraction of sp³-hybridized carbons (Fsp3) is 0.562. The Hall–Kier alpha value is -2.19. The zero-order valence-corrected chi connectivity index (χ0v) is 13.8. The lowest BCUT2D eigenvalue weighted by atomic mass is 10.1. The van der Waals surface area contributed by atoms with Crippen LogP contribution in [-0.2, 0) is 11.2 Å². The highest BCUT2D eigenvalue weighted by Crippen LogP contribution is 2.20. The molecule has 0 bridgehead atoms. The Kier molecular flexibility index (Phi) is 4.07. The van der Waals surface area contributed by atoms with Crippen LogP contribution in [0.15, 0.2) is 10.9 Å². The molecule has 0 aliphatic carbocycles. The number of nitrogens with one attached hydrogen (secondary N) is 2. The highest BCUT2D eigenvalue weighted by molar-refractivity contribution is 5.62. The summed E-state index contributed by atoms with van der Waals surface area (Å²) in [4.78, 5) is 24.4. The lowest BCUT2D eigenvalue weighted by molar-refractivity contribution is 0.161. The van der Waals surface area contributed by atoms with E-state index in [2.05, 4.69) is 25.3 Å². The van der Waals surface area contributed by atoms with Crippen LogP contribution in [0.4, 0.5) is 5.69 Å². The van der Waals surface area contributed by atoms with Crippen molar-refractivity contribution in [2.45, 2.75) is 19.8 Å². The van der Waals surface area contributed by atoms with E-state index < -0.39 is 0 Å². The van der Waals surface area contributed by atoms with E-state index in [1.165, 1.54) is 4.52 Å². The molecule has 0 aromatic carbocycles. The Morgan fingerprint density at radius 3 is 2.83 bits per heavy atom. The van der Waals surface area contributed by atoms with Crippen LogP contribution in [0.3, 0.4) is 0 Å². The molecule has 128 valence electrons. The molecule has 0 atom stereocenters. The molecule has 1 saturated heterocycles. The van der Waals surface area contributed by atoms with E-state index in [1.54, 1.807) is 0 Å². The molecule has 2 aromatic heterocycles. The van der Waals surface area contributed by atoms with Gasteiger partial charge in [-0.1, -0.05) is 13.0 Å². The largest absolute Gasteiger partial charge is 0.377 e. The molecule has 2 aromatic rings. The molecular weight excluding hydrogens is 308 g/mol. The normalized spacial score (nSPS) is 18.9. The number of aryl methyl sites for hydroxylation is 1. The smallest absolute Gasteiger partial charge is 0.297 e. The molecule has 24 heavy (non-hydrogen) atoms. The number of aromatic amines is 1. The number of piperazine rings is 1. The quantitative estimate of drug-likeness (QED) is 0.836. The van der Waals surface area contributed by atoms with Crippen molar-refractivity contribution in [2.75, 3.05) is 44.3 Å². The molecule has 0 spiro atoms. The standard InChI is InChI=1S/C16H22N6O2/c1-2-12-13(21-7-5-17-6-8-21)15(23)22-16(18-12)19-14(20-22)11-3-9-24-10-4-11/h3,17H,2,4-10H2,1H3,(H,18,19,20). The average Bonchev–Trinajstić information content (AvgIpc) is 3.07. The van der Waals surface area contributed by atoms with E-state index in [9.17, 15) is 4.79 Å². The molecule has 4 heterocycles. The third kappa shape index (κ3) is 2.61. The van der Waals surface area contributed by atoms with Gasteiger partial charge in [-0.2, -0.15) is 9.50 Å². The van der Waals surface area contributed by atoms with Gasteiger partial charge < -0.3 is 15.0 Å². The van der Waals surface area contributed by atoms with Crippen LogP contribution in [0, 0.1) is 0 Å². The molecule has 0 saturated carbocycles. The predicted molar refractivity (Wildman–Crippen MR) is 91.5 cm³/mol. The number of nitrogens with zero attached hydrogens (tertiary/aromatic N) is 4. The fourth-order valence-electron chi connectivity index (χ4n) is 3.29. The molecule has 0 amide bonds. The summed E-state index contributed by atoms with van der Waals surface area (Å²) < 4.78 is 6.81. The highest BCUT2D eigenvalue weighted by Gasteiger charge is 2.22. The molecule has 1 fully saturated rings. The SMILES string of the molecule is CCc1nc2nc(C3=CCOCC3)[nH]n2c(=O)c1N1CCNCC1. The summed E-state index contributed by atoms with van der Waals surface area (Å²) in [5, 5.41) is 6.44. The number of fused-ring (bicyclic) bond motifs is 1. The van der Waals surface area contributed by atoms with Crippen molar-refractivity contribution in [3.8, 4) is 0 Å². The van der Waals surface area contributed by atoms with Gasteiger partial charge in [0.2, 0.25) is 0 Å². The minimum absolute atomic E-state index is 0.0647. The third-order valence-electron chi connectivity index (χ3n) is 4.58. The number of hydrogen-bond acceptors (Lipinski definition) is 6. The van der Waals surface area contributed by atoms with E-state index in [4.69, 9.17) is 4.74 Å². The highest BCUT2D eigenvalue weighted by atomic mass is 16.5. The van der Waals surface area contributed by atoms with Crippen molar-refractivity contribution in [3.05, 3.63) is 27.9 Å². The Labute approximate surface area is 139 Å². The summed E-state index contributed by atoms with van der Waals surface area (Å²) in [6.45, 7) is 6.69. The minimum Gasteiger partial charge on any atom is -0.377 e. The number of rotatable bonds is 3. The molecular formula is C16H22N6O2. The minimum atomic E-state index is -0.0647. The van der Waals surface area contributed by atoms with Gasteiger partial charge in [0.25, 0.3) is 11.3 Å². The maximum absolute atomic E-state index is 13.0. The summed E-state index contributed by atoms with van der Waals surface area (Å²) in [6.07, 6.45) is 3.51. The zero-order valence-electron chi connectivity index (χ0n) is 13.8. The summed E-state index contributed by atoms with van der Waals surface area (Å²) in [7, 11) is 0. The van der Waals surface area contributed by atoms with Crippen LogP contribution in [0.5, 0.6) is 0 Å². The van der Waals surface area contributed by atoms with Crippen molar-refractivity contribution >= 4 is 17.0 Å². The Morgan fingerprint density at radius 2 is 2.12 bits per heavy atom. The lowest BCUT2D eigenvalue weighted by Gasteiger charge is -2.29. The summed E-state index contributed by atoms with van der Waals surface area (Å²) >= 11 is 0. The van der Waals surface area contributed by atoms with E-state index in [-0.39, 0.29) is 5.56 Å². The number of H-pyrrole nitrogens is 1. The van der Waals surface area contributed by atoms with E-state index in [1.807, 2.05) is 13.0 Å². The van der Waals surface area contributed by atoms with E-state index >= 15 is 0 Å². The molecule has 4 rings (SSSR count). The van der Waals surface area contributed by atoms with Crippen molar-refractivity contribution in [1.29, 1.82) is 0 Å². The third-order valence-corrected chi connectivity index (χ3v) is 4.58. The first-order chi connectivity index (χ1) is 11.8. The summed E-state index contributed by atoms with van der Waals surface area (Å²) in [5.74, 6) is 1.15. The second kappa shape index (κ2) is 6.37. The van der Waals surface area contributed by atoms with Crippen molar-refractivity contribution in [3.63, 3.8) is 0 Å². The van der Waals surface area contributed by atoms with Gasteiger partial charge in [-0.25, -0.2) is 4.98 Å². The van der Waals surface area contributed by atoms with Crippen LogP contribution < -0.4 is 15.8 Å². The van der Waals surface area contributed by atoms with E-state index in [0.29, 0.717) is 36.9 Å². The second-order valence-electron chi connectivity index (χ2n) is 6.06. The molecule has 2 N–H and O–H groups in total. The zero-order chi connectivity index (χ0) is 16.5. The number of hydrogen-bond donors (Lipinski definition) is 2. The average molecular weight is 330 g/mol. The molecule has 2 aliphatic rings. The van der Waals surface area contributed by atoms with Gasteiger partial charge in [-0.05, 0) is 18.4 Å². The van der Waals surface area contributed by atoms with Gasteiger partial charge in [-0.3, -0.25) is 9.89 Å². The Morgan fingerprint density at radius 1 is 1.29 bits per heavy atom. The van der Waals surface area contributed by atoms with Crippen molar-refractivity contribution in [1.82, 2.24) is 24.9 Å². The first-order valence-corrected chi connectivity index (χ1v) is 8.52. The van der Waals surface area contributed by atoms with Gasteiger partial charge >= 0.3 is 0 Å². The Bertz CT molecular complexity index is 831. The topological polar surface area (TPSA) is 87.5 Å². The van der Waals surface area contributed by atoms with Crippen LogP contribution >= 0.6 is 0 Å². The molecule has 0 radical (unpaired) electrons. The van der Waals surface area contributed by atoms with Crippen LogP contribution in [0.25, 0.3) is 11.4 Å². The van der Waals surface area contributed by atoms with Gasteiger partial charge in [0.15, 0.2) is 5.82 Å². The monoisotopic (exact) mass is 330 g/mol. The van der Waals surface area contributed by atoms with Crippen LogP contribution in [0.2, 0.25) is 0 Å². The maximum atomic E-state index is 13.0. The number of aromatic nitrogens is 4. The van der Waals surface area contributed by atoms with Gasteiger partial charge in [0.1, 0.15) is 5.69 Å². The lowest BCUT2D eigenvalue weighted by Crippen LogP contribution is -2.46. The molecule has 0 unspecified atom stereocenters.